The zero-order valence-corrected chi connectivity index (χ0v) is 11.2. The summed E-state index contributed by atoms with van der Waals surface area (Å²) in [5.74, 6) is -0.624. The van der Waals surface area contributed by atoms with Gasteiger partial charge < -0.3 is 5.73 Å². The molecule has 3 nitrogen and oxygen atoms in total. The van der Waals surface area contributed by atoms with Crippen molar-refractivity contribution >= 4 is 40.7 Å². The van der Waals surface area contributed by atoms with Crippen LogP contribution in [0.4, 0.5) is 0 Å². The van der Waals surface area contributed by atoms with Crippen LogP contribution in [0, 0.1) is 0 Å². The molecule has 0 radical (unpaired) electrons. The third kappa shape index (κ3) is 2.58. The molecule has 18 heavy (non-hydrogen) atoms. The van der Waals surface area contributed by atoms with Crippen LogP contribution in [0.15, 0.2) is 30.3 Å². The minimum Gasteiger partial charge on any atom is -0.366 e. The average molecular weight is 302 g/mol. The van der Waals surface area contributed by atoms with E-state index in [9.17, 15) is 4.79 Å². The first-order chi connectivity index (χ1) is 8.49. The molecule has 0 saturated carbocycles. The molecule has 0 aliphatic rings. The Morgan fingerprint density at radius 2 is 1.83 bits per heavy atom. The topological polar surface area (TPSA) is 56.0 Å². The van der Waals surface area contributed by atoms with Crippen LogP contribution >= 0.6 is 34.8 Å². The summed E-state index contributed by atoms with van der Waals surface area (Å²) in [6.45, 7) is 0. The van der Waals surface area contributed by atoms with Crippen molar-refractivity contribution in [2.45, 2.75) is 0 Å². The number of primary amides is 1. The first-order valence-electron chi connectivity index (χ1n) is 4.91. The number of hydrogen-bond acceptors (Lipinski definition) is 2. The van der Waals surface area contributed by atoms with Crippen LogP contribution < -0.4 is 5.73 Å². The fraction of sp³-hybridized carbons (Fsp3) is 0. The number of hydrogen-bond donors (Lipinski definition) is 1. The molecule has 92 valence electrons. The Hall–Kier alpha value is -1.29. The van der Waals surface area contributed by atoms with Gasteiger partial charge in [-0.05, 0) is 30.3 Å². The molecule has 0 unspecified atom stereocenters. The maximum Gasteiger partial charge on any atom is 0.251 e. The molecule has 0 aliphatic heterocycles. The van der Waals surface area contributed by atoms with E-state index in [0.717, 1.165) is 0 Å². The van der Waals surface area contributed by atoms with Crippen molar-refractivity contribution < 1.29 is 4.79 Å². The Morgan fingerprint density at radius 1 is 1.11 bits per heavy atom. The molecule has 0 aliphatic carbocycles. The van der Waals surface area contributed by atoms with Gasteiger partial charge in [0, 0.05) is 10.6 Å². The predicted molar refractivity (Wildman–Crippen MR) is 73.2 cm³/mol. The lowest BCUT2D eigenvalue weighted by Gasteiger charge is -2.06. The highest BCUT2D eigenvalue weighted by atomic mass is 35.5. The summed E-state index contributed by atoms with van der Waals surface area (Å²) in [5, 5.41) is 1.03. The van der Waals surface area contributed by atoms with Crippen molar-refractivity contribution in [1.82, 2.24) is 4.98 Å². The molecule has 2 rings (SSSR count). The van der Waals surface area contributed by atoms with Crippen molar-refractivity contribution in [2.24, 2.45) is 5.73 Å². The molecular weight excluding hydrogens is 295 g/mol. The van der Waals surface area contributed by atoms with E-state index in [1.807, 2.05) is 0 Å². The second-order valence-electron chi connectivity index (χ2n) is 3.52. The third-order valence-electron chi connectivity index (χ3n) is 2.32. The maximum absolute atomic E-state index is 11.0. The molecule has 0 bridgehead atoms. The van der Waals surface area contributed by atoms with Gasteiger partial charge in [-0.3, -0.25) is 4.79 Å². The Kier molecular flexibility index (Phi) is 3.76. The highest BCUT2D eigenvalue weighted by molar-refractivity contribution is 6.36. The van der Waals surface area contributed by atoms with Crippen molar-refractivity contribution in [1.29, 1.82) is 0 Å². The number of carbonyl (C=O) groups is 1. The highest BCUT2D eigenvalue weighted by Gasteiger charge is 2.11. The van der Waals surface area contributed by atoms with Crippen LogP contribution in [0.25, 0.3) is 11.3 Å². The second-order valence-corrected chi connectivity index (χ2v) is 4.72. The molecule has 1 amide bonds. The Balaban J connectivity index is 2.52. The number of amides is 1. The van der Waals surface area contributed by atoms with Gasteiger partial charge in [0.2, 0.25) is 0 Å². The minimum atomic E-state index is -0.624. The van der Waals surface area contributed by atoms with Crippen molar-refractivity contribution in [3.63, 3.8) is 0 Å². The van der Waals surface area contributed by atoms with E-state index in [-0.39, 0.29) is 10.7 Å². The molecule has 1 heterocycles. The minimum absolute atomic E-state index is 0.0472. The Bertz CT molecular complexity index is 629. The molecule has 1 aromatic carbocycles. The van der Waals surface area contributed by atoms with Gasteiger partial charge in [0.25, 0.3) is 5.91 Å². The number of halogens is 3. The largest absolute Gasteiger partial charge is 0.366 e. The average Bonchev–Trinajstić information content (AvgIpc) is 2.28. The van der Waals surface area contributed by atoms with Crippen LogP contribution in [0.3, 0.4) is 0 Å². The smallest absolute Gasteiger partial charge is 0.251 e. The van der Waals surface area contributed by atoms with Crippen molar-refractivity contribution in [3.8, 4) is 11.3 Å². The number of rotatable bonds is 2. The maximum atomic E-state index is 11.0. The normalized spacial score (nSPS) is 10.4. The van der Waals surface area contributed by atoms with Crippen LogP contribution in [0.5, 0.6) is 0 Å². The number of pyridine rings is 1. The number of nitrogens with zero attached hydrogens (tertiary/aromatic N) is 1. The van der Waals surface area contributed by atoms with Gasteiger partial charge in [0.1, 0.15) is 5.15 Å². The fourth-order valence-electron chi connectivity index (χ4n) is 1.47. The second kappa shape index (κ2) is 5.14. The Morgan fingerprint density at radius 3 is 2.39 bits per heavy atom. The summed E-state index contributed by atoms with van der Waals surface area (Å²) in [5.41, 5.74) is 6.55. The number of aromatic nitrogens is 1. The summed E-state index contributed by atoms with van der Waals surface area (Å²) in [7, 11) is 0. The summed E-state index contributed by atoms with van der Waals surface area (Å²) < 4.78 is 0. The van der Waals surface area contributed by atoms with E-state index in [1.54, 1.807) is 24.3 Å². The molecule has 0 atom stereocenters. The molecule has 2 aromatic rings. The van der Waals surface area contributed by atoms with Crippen LogP contribution in [0.1, 0.15) is 10.4 Å². The fourth-order valence-corrected chi connectivity index (χ4v) is 2.22. The summed E-state index contributed by atoms with van der Waals surface area (Å²) in [6, 6.07) is 8.17. The molecule has 0 fully saturated rings. The van der Waals surface area contributed by atoms with Gasteiger partial charge >= 0.3 is 0 Å². The van der Waals surface area contributed by atoms with Gasteiger partial charge in [0.05, 0.1) is 16.3 Å². The summed E-state index contributed by atoms with van der Waals surface area (Å²) >= 11 is 17.7. The van der Waals surface area contributed by atoms with Crippen LogP contribution in [-0.4, -0.2) is 10.9 Å². The van der Waals surface area contributed by atoms with E-state index >= 15 is 0 Å². The van der Waals surface area contributed by atoms with E-state index in [4.69, 9.17) is 40.5 Å². The molecular formula is C12H7Cl3N2O. The van der Waals surface area contributed by atoms with Gasteiger partial charge in [-0.15, -0.1) is 0 Å². The van der Waals surface area contributed by atoms with E-state index in [1.165, 1.54) is 6.07 Å². The van der Waals surface area contributed by atoms with Crippen LogP contribution in [0.2, 0.25) is 15.2 Å². The lowest BCUT2D eigenvalue weighted by molar-refractivity contribution is 0.1000. The van der Waals surface area contributed by atoms with Gasteiger partial charge in [-0.1, -0.05) is 34.8 Å². The van der Waals surface area contributed by atoms with Gasteiger partial charge in [0.15, 0.2) is 0 Å². The SMILES string of the molecule is NC(=O)c1ccc(-c2ccc(Cl)cc2Cl)nc1Cl. The molecule has 0 saturated heterocycles. The van der Waals surface area contributed by atoms with E-state index in [2.05, 4.69) is 4.98 Å². The number of benzene rings is 1. The predicted octanol–water partition coefficient (Wildman–Crippen LogP) is 3.81. The third-order valence-corrected chi connectivity index (χ3v) is 3.16. The zero-order valence-electron chi connectivity index (χ0n) is 8.95. The van der Waals surface area contributed by atoms with Crippen LogP contribution in [-0.2, 0) is 0 Å². The highest BCUT2D eigenvalue weighted by Crippen LogP contribution is 2.30. The number of nitrogens with two attached hydrogens (primary N) is 1. The Labute approximate surface area is 118 Å². The lowest BCUT2D eigenvalue weighted by atomic mass is 10.1. The quantitative estimate of drug-likeness (QED) is 0.858. The number of carbonyl (C=O) groups excluding carboxylic acids is 1. The summed E-state index contributed by atoms with van der Waals surface area (Å²) in [4.78, 5) is 15.1. The van der Waals surface area contributed by atoms with E-state index < -0.39 is 5.91 Å². The zero-order chi connectivity index (χ0) is 13.3. The van der Waals surface area contributed by atoms with Gasteiger partial charge in [-0.25, -0.2) is 4.98 Å². The molecule has 0 spiro atoms. The van der Waals surface area contributed by atoms with Gasteiger partial charge in [-0.2, -0.15) is 0 Å². The van der Waals surface area contributed by atoms with Crippen molar-refractivity contribution in [2.75, 3.05) is 0 Å². The molecule has 2 N–H and O–H groups in total. The summed E-state index contributed by atoms with van der Waals surface area (Å²) in [6.07, 6.45) is 0. The monoisotopic (exact) mass is 300 g/mol. The molecule has 1 aromatic heterocycles. The first-order valence-corrected chi connectivity index (χ1v) is 6.04. The van der Waals surface area contributed by atoms with E-state index in [0.29, 0.717) is 21.3 Å². The van der Waals surface area contributed by atoms with Crippen molar-refractivity contribution in [3.05, 3.63) is 51.1 Å². The first kappa shape index (κ1) is 13.1. The standard InChI is InChI=1S/C12H7Cl3N2O/c13-6-1-2-7(9(14)5-6)10-4-3-8(12(16)18)11(15)17-10/h1-5H,(H2,16,18). The lowest BCUT2D eigenvalue weighted by Crippen LogP contribution is -2.12. The molecule has 6 heteroatoms.